The molecule has 1 heterocycles. The van der Waals surface area contributed by atoms with E-state index in [4.69, 9.17) is 11.6 Å². The smallest absolute Gasteiger partial charge is 0.240 e. The second-order valence-electron chi connectivity index (χ2n) is 5.11. The molecule has 0 bridgehead atoms. The molecule has 2 rings (SSSR count). The molecule has 1 saturated heterocycles. The largest absolute Gasteiger partial charge is 0.314 e. The molecule has 4 nitrogen and oxygen atoms in total. The van der Waals surface area contributed by atoms with Gasteiger partial charge in [0.25, 0.3) is 0 Å². The van der Waals surface area contributed by atoms with Crippen LogP contribution in [0.5, 0.6) is 0 Å². The molecule has 0 spiro atoms. The van der Waals surface area contributed by atoms with Crippen molar-refractivity contribution in [3.05, 3.63) is 28.8 Å². The highest BCUT2D eigenvalue weighted by Crippen LogP contribution is 2.21. The van der Waals surface area contributed by atoms with E-state index < -0.39 is 10.0 Å². The first-order valence-corrected chi connectivity index (χ1v) is 8.26. The quantitative estimate of drug-likeness (QED) is 0.898. The van der Waals surface area contributed by atoms with Crippen molar-refractivity contribution in [2.45, 2.75) is 43.7 Å². The van der Waals surface area contributed by atoms with E-state index in [1.807, 2.05) is 6.92 Å². The number of hydrogen-bond donors (Lipinski definition) is 2. The Balaban J connectivity index is 2.15. The molecule has 1 aromatic carbocycles. The monoisotopic (exact) mass is 302 g/mol. The first kappa shape index (κ1) is 14.8. The number of aryl methyl sites for hydroxylation is 1. The first-order valence-electron chi connectivity index (χ1n) is 6.40. The molecule has 1 aromatic rings. The molecular weight excluding hydrogens is 284 g/mol. The molecule has 106 valence electrons. The molecule has 1 aliphatic rings. The average Bonchev–Trinajstić information content (AvgIpc) is 2.32. The lowest BCUT2D eigenvalue weighted by molar-refractivity contribution is 0.361. The van der Waals surface area contributed by atoms with Gasteiger partial charge < -0.3 is 5.32 Å². The summed E-state index contributed by atoms with van der Waals surface area (Å²) in [5.74, 6) is 0. The molecule has 0 saturated carbocycles. The van der Waals surface area contributed by atoms with E-state index in [0.29, 0.717) is 11.1 Å². The Kier molecular flexibility index (Phi) is 4.50. The van der Waals surface area contributed by atoms with E-state index in [9.17, 15) is 8.42 Å². The predicted octanol–water partition coefficient (Wildman–Crippen LogP) is 2.07. The minimum Gasteiger partial charge on any atom is -0.314 e. The maximum absolute atomic E-state index is 12.3. The van der Waals surface area contributed by atoms with Crippen LogP contribution in [0.1, 0.15) is 25.3 Å². The minimum atomic E-state index is -3.48. The third-order valence-corrected chi connectivity index (χ3v) is 5.32. The van der Waals surface area contributed by atoms with Gasteiger partial charge in [-0.25, -0.2) is 13.1 Å². The summed E-state index contributed by atoms with van der Waals surface area (Å²) in [6.45, 7) is 4.74. The summed E-state index contributed by atoms with van der Waals surface area (Å²) < 4.78 is 27.3. The maximum Gasteiger partial charge on any atom is 0.240 e. The van der Waals surface area contributed by atoms with Crippen LogP contribution in [-0.2, 0) is 10.0 Å². The standard InChI is InChI=1S/C13H19ClN2O2S/c1-9-3-4-12(8-13(9)14)19(17,18)16-11-5-6-15-10(2)7-11/h3-4,8,10-11,15-16H,5-7H2,1-2H3. The zero-order valence-corrected chi connectivity index (χ0v) is 12.7. The molecule has 19 heavy (non-hydrogen) atoms. The zero-order valence-electron chi connectivity index (χ0n) is 11.1. The van der Waals surface area contributed by atoms with E-state index in [1.165, 1.54) is 6.07 Å². The van der Waals surface area contributed by atoms with E-state index in [1.54, 1.807) is 12.1 Å². The van der Waals surface area contributed by atoms with Crippen LogP contribution in [0, 0.1) is 6.92 Å². The van der Waals surface area contributed by atoms with E-state index in [2.05, 4.69) is 17.0 Å². The van der Waals surface area contributed by atoms with Crippen LogP contribution in [0.25, 0.3) is 0 Å². The molecule has 2 N–H and O–H groups in total. The molecule has 1 fully saturated rings. The predicted molar refractivity (Wildman–Crippen MR) is 77.0 cm³/mol. The number of nitrogens with one attached hydrogen (secondary N) is 2. The Morgan fingerprint density at radius 3 is 2.79 bits per heavy atom. The van der Waals surface area contributed by atoms with Gasteiger partial charge in [0.2, 0.25) is 10.0 Å². The van der Waals surface area contributed by atoms with E-state index in [-0.39, 0.29) is 10.9 Å². The van der Waals surface area contributed by atoms with Crippen LogP contribution in [0.2, 0.25) is 5.02 Å². The van der Waals surface area contributed by atoms with Crippen molar-refractivity contribution in [1.82, 2.24) is 10.0 Å². The van der Waals surface area contributed by atoms with Crippen molar-refractivity contribution in [3.8, 4) is 0 Å². The second-order valence-corrected chi connectivity index (χ2v) is 7.23. The molecule has 0 aromatic heterocycles. The molecule has 0 amide bonds. The van der Waals surface area contributed by atoms with Crippen LogP contribution < -0.4 is 10.0 Å². The normalized spacial score (nSPS) is 24.4. The van der Waals surface area contributed by atoms with Gasteiger partial charge in [-0.2, -0.15) is 0 Å². The molecule has 1 aliphatic heterocycles. The summed E-state index contributed by atoms with van der Waals surface area (Å²) in [6, 6.07) is 5.14. The highest BCUT2D eigenvalue weighted by Gasteiger charge is 2.24. The molecular formula is C13H19ClN2O2S. The van der Waals surface area contributed by atoms with Gasteiger partial charge in [-0.15, -0.1) is 0 Å². The first-order chi connectivity index (χ1) is 8.88. The third-order valence-electron chi connectivity index (χ3n) is 3.40. The average molecular weight is 303 g/mol. The Morgan fingerprint density at radius 1 is 1.42 bits per heavy atom. The number of sulfonamides is 1. The van der Waals surface area contributed by atoms with Gasteiger partial charge in [0.05, 0.1) is 4.90 Å². The summed E-state index contributed by atoms with van der Waals surface area (Å²) in [5.41, 5.74) is 0.871. The number of halogens is 1. The van der Waals surface area contributed by atoms with Gasteiger partial charge in [0.1, 0.15) is 0 Å². The minimum absolute atomic E-state index is 0.0127. The summed E-state index contributed by atoms with van der Waals surface area (Å²) in [7, 11) is -3.48. The SMILES string of the molecule is Cc1ccc(S(=O)(=O)NC2CCNC(C)C2)cc1Cl. The number of hydrogen-bond acceptors (Lipinski definition) is 3. The Bertz CT molecular complexity index is 560. The van der Waals surface area contributed by atoms with E-state index >= 15 is 0 Å². The van der Waals surface area contributed by atoms with Gasteiger partial charge in [0.15, 0.2) is 0 Å². The Morgan fingerprint density at radius 2 is 2.16 bits per heavy atom. The van der Waals surface area contributed by atoms with Crippen molar-refractivity contribution in [3.63, 3.8) is 0 Å². The molecule has 0 aliphatic carbocycles. The number of rotatable bonds is 3. The van der Waals surface area contributed by atoms with Crippen LogP contribution in [-0.4, -0.2) is 27.0 Å². The van der Waals surface area contributed by atoms with Crippen molar-refractivity contribution >= 4 is 21.6 Å². The van der Waals surface area contributed by atoms with Crippen molar-refractivity contribution < 1.29 is 8.42 Å². The lowest BCUT2D eigenvalue weighted by Gasteiger charge is -2.28. The van der Waals surface area contributed by atoms with Gasteiger partial charge in [-0.05, 0) is 50.9 Å². The van der Waals surface area contributed by atoms with E-state index in [0.717, 1.165) is 24.9 Å². The van der Waals surface area contributed by atoms with Crippen LogP contribution >= 0.6 is 11.6 Å². The highest BCUT2D eigenvalue weighted by molar-refractivity contribution is 7.89. The van der Waals surface area contributed by atoms with Gasteiger partial charge in [0, 0.05) is 17.1 Å². The van der Waals surface area contributed by atoms with Crippen molar-refractivity contribution in [1.29, 1.82) is 0 Å². The zero-order chi connectivity index (χ0) is 14.0. The van der Waals surface area contributed by atoms with Crippen LogP contribution in [0.3, 0.4) is 0 Å². The number of benzene rings is 1. The molecule has 2 unspecified atom stereocenters. The summed E-state index contributed by atoms with van der Waals surface area (Å²) in [4.78, 5) is 0.231. The summed E-state index contributed by atoms with van der Waals surface area (Å²) in [5, 5.41) is 3.77. The van der Waals surface area contributed by atoms with Crippen molar-refractivity contribution in [2.75, 3.05) is 6.54 Å². The topological polar surface area (TPSA) is 58.2 Å². The fourth-order valence-electron chi connectivity index (χ4n) is 2.27. The van der Waals surface area contributed by atoms with Crippen LogP contribution in [0.4, 0.5) is 0 Å². The molecule has 6 heteroatoms. The van der Waals surface area contributed by atoms with Crippen molar-refractivity contribution in [2.24, 2.45) is 0 Å². The van der Waals surface area contributed by atoms with Gasteiger partial charge in [-0.3, -0.25) is 0 Å². The maximum atomic E-state index is 12.3. The van der Waals surface area contributed by atoms with Gasteiger partial charge >= 0.3 is 0 Å². The fourth-order valence-corrected chi connectivity index (χ4v) is 3.82. The second kappa shape index (κ2) is 5.79. The Labute approximate surface area is 119 Å². The lowest BCUT2D eigenvalue weighted by atomic mass is 10.0. The van der Waals surface area contributed by atoms with Crippen LogP contribution in [0.15, 0.2) is 23.1 Å². The highest BCUT2D eigenvalue weighted by atomic mass is 35.5. The number of piperidine rings is 1. The molecule has 0 radical (unpaired) electrons. The lowest BCUT2D eigenvalue weighted by Crippen LogP contribution is -2.46. The fraction of sp³-hybridized carbons (Fsp3) is 0.538. The third kappa shape index (κ3) is 3.69. The van der Waals surface area contributed by atoms with Gasteiger partial charge in [-0.1, -0.05) is 17.7 Å². The molecule has 2 atom stereocenters. The Hall–Kier alpha value is -0.620. The summed E-state index contributed by atoms with van der Waals surface area (Å²) in [6.07, 6.45) is 1.61. The summed E-state index contributed by atoms with van der Waals surface area (Å²) >= 11 is 5.98.